The van der Waals surface area contributed by atoms with E-state index in [1.54, 1.807) is 0 Å². The van der Waals surface area contributed by atoms with Gasteiger partial charge in [0, 0.05) is 34.3 Å². The van der Waals surface area contributed by atoms with E-state index in [2.05, 4.69) is 10.2 Å². The standard InChI is InChI=1S/C22H23N3O4/c1-2-29-18-12-6-3-8-14(18)19-17-11-7-13-24(17)22(20(19)25(27)28)15-9-4-5-10-16(15)23-21(22)26/h3-6,8-10,12,17,19-20H,2,7,11,13H2,1H3,(H,23,26)/t17-,19+,20+,22+/m0/s1. The van der Waals surface area contributed by atoms with Crippen LogP contribution in [-0.4, -0.2) is 41.0 Å². The summed E-state index contributed by atoms with van der Waals surface area (Å²) in [6, 6.07) is 13.8. The first-order valence-electron chi connectivity index (χ1n) is 10.1. The Bertz CT molecular complexity index is 994. The van der Waals surface area contributed by atoms with E-state index < -0.39 is 17.5 Å². The quantitative estimate of drug-likeness (QED) is 0.637. The van der Waals surface area contributed by atoms with E-state index in [0.29, 0.717) is 24.6 Å². The molecule has 150 valence electrons. The van der Waals surface area contributed by atoms with Gasteiger partial charge in [-0.25, -0.2) is 0 Å². The number of benzene rings is 2. The minimum absolute atomic E-state index is 0.0797. The zero-order chi connectivity index (χ0) is 20.2. The Morgan fingerprint density at radius 1 is 1.24 bits per heavy atom. The number of carbonyl (C=O) groups excluding carboxylic acids is 1. The summed E-state index contributed by atoms with van der Waals surface area (Å²) in [6.07, 6.45) is 1.74. The summed E-state index contributed by atoms with van der Waals surface area (Å²) < 4.78 is 5.83. The molecule has 4 atom stereocenters. The van der Waals surface area contributed by atoms with Gasteiger partial charge in [0.05, 0.1) is 12.5 Å². The Labute approximate surface area is 168 Å². The fraction of sp³-hybridized carbons (Fsp3) is 0.409. The van der Waals surface area contributed by atoms with Crippen LogP contribution in [0.15, 0.2) is 48.5 Å². The van der Waals surface area contributed by atoms with Gasteiger partial charge < -0.3 is 10.1 Å². The number of nitro groups is 1. The summed E-state index contributed by atoms with van der Waals surface area (Å²) in [7, 11) is 0. The molecule has 1 N–H and O–H groups in total. The number of anilines is 1. The van der Waals surface area contributed by atoms with Gasteiger partial charge >= 0.3 is 0 Å². The molecule has 0 radical (unpaired) electrons. The molecule has 3 heterocycles. The van der Waals surface area contributed by atoms with Crippen molar-refractivity contribution in [3.8, 4) is 5.75 Å². The molecule has 0 aromatic heterocycles. The van der Waals surface area contributed by atoms with Gasteiger partial charge in [-0.05, 0) is 31.9 Å². The Morgan fingerprint density at radius 3 is 2.79 bits per heavy atom. The number of fused-ring (bicyclic) bond motifs is 4. The summed E-state index contributed by atoms with van der Waals surface area (Å²) in [6.45, 7) is 3.06. The SMILES string of the molecule is CCOc1ccccc1[C@@H]1[C@@H]2CCCN2[C@@]2(C(=O)Nc3ccccc32)[C@@H]1[N+](=O)[O-]. The Morgan fingerprint density at radius 2 is 2.00 bits per heavy atom. The maximum Gasteiger partial charge on any atom is 0.256 e. The molecule has 0 unspecified atom stereocenters. The molecular formula is C22H23N3O4. The maximum atomic E-state index is 13.4. The van der Waals surface area contributed by atoms with Crippen LogP contribution in [0.5, 0.6) is 5.75 Å². The van der Waals surface area contributed by atoms with E-state index in [9.17, 15) is 14.9 Å². The summed E-state index contributed by atoms with van der Waals surface area (Å²) in [4.78, 5) is 27.8. The molecule has 1 amide bonds. The highest BCUT2D eigenvalue weighted by Crippen LogP contribution is 2.58. The summed E-state index contributed by atoms with van der Waals surface area (Å²) in [5, 5.41) is 15.5. The number of hydrogen-bond donors (Lipinski definition) is 1. The smallest absolute Gasteiger partial charge is 0.256 e. The van der Waals surface area contributed by atoms with Crippen molar-refractivity contribution in [2.75, 3.05) is 18.5 Å². The number of nitrogens with zero attached hydrogens (tertiary/aromatic N) is 2. The summed E-state index contributed by atoms with van der Waals surface area (Å²) in [5.41, 5.74) is 0.927. The van der Waals surface area contributed by atoms with E-state index in [-0.39, 0.29) is 16.9 Å². The molecule has 2 saturated heterocycles. The highest BCUT2D eigenvalue weighted by Gasteiger charge is 2.73. The number of amides is 1. The lowest BCUT2D eigenvalue weighted by molar-refractivity contribution is -0.534. The second kappa shape index (κ2) is 6.56. The number of rotatable bonds is 4. The molecule has 29 heavy (non-hydrogen) atoms. The predicted molar refractivity (Wildman–Crippen MR) is 108 cm³/mol. The van der Waals surface area contributed by atoms with Crippen molar-refractivity contribution < 1.29 is 14.5 Å². The van der Waals surface area contributed by atoms with Gasteiger partial charge in [-0.15, -0.1) is 0 Å². The normalized spacial score (nSPS) is 30.2. The average Bonchev–Trinajstić information content (AvgIpc) is 3.36. The second-order valence-corrected chi connectivity index (χ2v) is 7.90. The molecule has 7 nitrogen and oxygen atoms in total. The Kier molecular flexibility index (Phi) is 4.10. The molecule has 5 rings (SSSR count). The van der Waals surface area contributed by atoms with Gasteiger partial charge in [0.1, 0.15) is 5.75 Å². The van der Waals surface area contributed by atoms with Gasteiger partial charge in [-0.1, -0.05) is 36.4 Å². The molecule has 2 fully saturated rings. The predicted octanol–water partition coefficient (Wildman–Crippen LogP) is 3.14. The highest BCUT2D eigenvalue weighted by atomic mass is 16.6. The van der Waals surface area contributed by atoms with E-state index in [0.717, 1.165) is 24.0 Å². The van der Waals surface area contributed by atoms with Gasteiger partial charge in [0.2, 0.25) is 0 Å². The van der Waals surface area contributed by atoms with Gasteiger partial charge in [-0.3, -0.25) is 19.8 Å². The summed E-state index contributed by atoms with van der Waals surface area (Å²) >= 11 is 0. The van der Waals surface area contributed by atoms with E-state index in [1.807, 2.05) is 55.5 Å². The topological polar surface area (TPSA) is 84.7 Å². The fourth-order valence-electron chi connectivity index (χ4n) is 5.79. The van der Waals surface area contributed by atoms with Crippen LogP contribution in [-0.2, 0) is 10.3 Å². The molecule has 2 aromatic carbocycles. The number of hydrogen-bond acceptors (Lipinski definition) is 5. The van der Waals surface area contributed by atoms with Crippen molar-refractivity contribution in [3.05, 3.63) is 69.8 Å². The van der Waals surface area contributed by atoms with E-state index in [4.69, 9.17) is 4.74 Å². The minimum atomic E-state index is -1.29. The molecular weight excluding hydrogens is 370 g/mol. The van der Waals surface area contributed by atoms with Crippen LogP contribution >= 0.6 is 0 Å². The van der Waals surface area contributed by atoms with Crippen LogP contribution in [0.2, 0.25) is 0 Å². The van der Waals surface area contributed by atoms with Crippen LogP contribution in [0, 0.1) is 10.1 Å². The highest BCUT2D eigenvalue weighted by molar-refractivity contribution is 6.07. The van der Waals surface area contributed by atoms with Crippen molar-refractivity contribution in [1.82, 2.24) is 4.90 Å². The lowest BCUT2D eigenvalue weighted by Gasteiger charge is -2.32. The van der Waals surface area contributed by atoms with E-state index in [1.165, 1.54) is 0 Å². The third-order valence-corrected chi connectivity index (χ3v) is 6.67. The largest absolute Gasteiger partial charge is 0.494 e. The molecule has 0 bridgehead atoms. The van der Waals surface area contributed by atoms with Crippen molar-refractivity contribution in [1.29, 1.82) is 0 Å². The Balaban J connectivity index is 1.75. The third-order valence-electron chi connectivity index (χ3n) is 6.67. The average molecular weight is 393 g/mol. The molecule has 1 spiro atoms. The first-order chi connectivity index (χ1) is 14.1. The molecule has 3 aliphatic rings. The molecule has 3 aliphatic heterocycles. The Hall–Kier alpha value is -2.93. The van der Waals surface area contributed by atoms with Crippen molar-refractivity contribution in [2.45, 2.75) is 43.3 Å². The van der Waals surface area contributed by atoms with Crippen molar-refractivity contribution in [3.63, 3.8) is 0 Å². The van der Waals surface area contributed by atoms with Gasteiger partial charge in [-0.2, -0.15) is 0 Å². The molecule has 2 aromatic rings. The van der Waals surface area contributed by atoms with Gasteiger partial charge in [0.25, 0.3) is 11.9 Å². The second-order valence-electron chi connectivity index (χ2n) is 7.90. The maximum absolute atomic E-state index is 13.4. The van der Waals surface area contributed by atoms with Crippen LogP contribution in [0.4, 0.5) is 5.69 Å². The number of para-hydroxylation sites is 2. The first-order valence-corrected chi connectivity index (χ1v) is 10.1. The molecule has 0 aliphatic carbocycles. The van der Waals surface area contributed by atoms with Crippen LogP contribution in [0.25, 0.3) is 0 Å². The molecule has 0 saturated carbocycles. The number of nitrogens with one attached hydrogen (secondary N) is 1. The van der Waals surface area contributed by atoms with E-state index >= 15 is 0 Å². The lowest BCUT2D eigenvalue weighted by atomic mass is 9.77. The molecule has 7 heteroatoms. The number of ether oxygens (including phenoxy) is 1. The zero-order valence-electron chi connectivity index (χ0n) is 16.2. The third kappa shape index (κ3) is 2.31. The van der Waals surface area contributed by atoms with Gasteiger partial charge in [0.15, 0.2) is 5.54 Å². The van der Waals surface area contributed by atoms with Crippen LogP contribution < -0.4 is 10.1 Å². The first kappa shape index (κ1) is 18.1. The zero-order valence-corrected chi connectivity index (χ0v) is 16.2. The lowest BCUT2D eigenvalue weighted by Crippen LogP contribution is -2.55. The summed E-state index contributed by atoms with van der Waals surface area (Å²) in [5.74, 6) is -0.0433. The minimum Gasteiger partial charge on any atom is -0.494 e. The number of carbonyl (C=O) groups is 1. The van der Waals surface area contributed by atoms with Crippen LogP contribution in [0.3, 0.4) is 0 Å². The van der Waals surface area contributed by atoms with Crippen molar-refractivity contribution in [2.24, 2.45) is 0 Å². The van der Waals surface area contributed by atoms with Crippen molar-refractivity contribution >= 4 is 11.6 Å². The monoisotopic (exact) mass is 393 g/mol. The fourth-order valence-corrected chi connectivity index (χ4v) is 5.79. The van der Waals surface area contributed by atoms with Crippen LogP contribution in [0.1, 0.15) is 36.8 Å².